The van der Waals surface area contributed by atoms with E-state index in [1.807, 2.05) is 13.8 Å². The summed E-state index contributed by atoms with van der Waals surface area (Å²) >= 11 is 0. The van der Waals surface area contributed by atoms with Gasteiger partial charge in [0, 0.05) is 18.3 Å². The molecule has 0 aromatic carbocycles. The van der Waals surface area contributed by atoms with Gasteiger partial charge in [-0.15, -0.1) is 0 Å². The molecule has 0 rings (SSSR count). The Kier molecular flexibility index (Phi) is 32.6. The molecular formula is C41H80O6. The van der Waals surface area contributed by atoms with Crippen molar-refractivity contribution in [2.45, 2.75) is 233 Å². The van der Waals surface area contributed by atoms with Crippen molar-refractivity contribution in [1.29, 1.82) is 0 Å². The molecule has 0 saturated carbocycles. The van der Waals surface area contributed by atoms with Crippen molar-refractivity contribution in [3.05, 3.63) is 0 Å². The lowest BCUT2D eigenvalue weighted by atomic mass is 9.96. The van der Waals surface area contributed by atoms with Gasteiger partial charge in [0.1, 0.15) is 0 Å². The number of esters is 2. The lowest BCUT2D eigenvalue weighted by Gasteiger charge is -2.23. The first-order valence-electron chi connectivity index (χ1n) is 20.4. The Morgan fingerprint density at radius 3 is 1.00 bits per heavy atom. The van der Waals surface area contributed by atoms with E-state index in [2.05, 4.69) is 13.8 Å². The fraction of sp³-hybridized carbons (Fsp3) is 0.951. The number of rotatable bonds is 36. The fourth-order valence-corrected chi connectivity index (χ4v) is 6.06. The number of carbonyl (C=O) groups is 2. The topological polar surface area (TPSA) is 93.1 Å². The minimum absolute atomic E-state index is 0.139. The molecule has 0 bridgehead atoms. The van der Waals surface area contributed by atoms with Crippen LogP contribution >= 0.6 is 0 Å². The molecular weight excluding hydrogens is 588 g/mol. The SMILES string of the molecule is CCCCCCCCC(O)CCCCCCCCC(=O)OCC(C)(C)COC(=O)CCCCCCCCC(O)CCCCCCCC. The van der Waals surface area contributed by atoms with Crippen molar-refractivity contribution in [3.63, 3.8) is 0 Å². The van der Waals surface area contributed by atoms with E-state index in [1.165, 1.54) is 64.2 Å². The standard InChI is InChI=1S/C41H80O6/c1-5-7-9-11-17-23-29-37(42)31-25-19-13-15-21-27-33-39(44)46-35-41(3,4)36-47-40(45)34-28-22-16-14-20-26-32-38(43)30-24-18-12-10-8-6-2/h37-38,42-43H,5-36H2,1-4H3. The van der Waals surface area contributed by atoms with Gasteiger partial charge in [0.15, 0.2) is 0 Å². The number of carbonyl (C=O) groups excluding carboxylic acids is 2. The summed E-state index contributed by atoms with van der Waals surface area (Å²) in [5.74, 6) is -0.343. The minimum Gasteiger partial charge on any atom is -0.465 e. The second-order valence-corrected chi connectivity index (χ2v) is 15.2. The normalized spacial score (nSPS) is 13.1. The van der Waals surface area contributed by atoms with Crippen LogP contribution in [0.1, 0.15) is 220 Å². The zero-order valence-electron chi connectivity index (χ0n) is 31.8. The highest BCUT2D eigenvalue weighted by atomic mass is 16.5. The van der Waals surface area contributed by atoms with Gasteiger partial charge >= 0.3 is 11.9 Å². The van der Waals surface area contributed by atoms with Crippen molar-refractivity contribution in [3.8, 4) is 0 Å². The average molecular weight is 669 g/mol. The van der Waals surface area contributed by atoms with Crippen molar-refractivity contribution in [1.82, 2.24) is 0 Å². The Bertz CT molecular complexity index is 637. The van der Waals surface area contributed by atoms with Gasteiger partial charge in [-0.1, -0.05) is 169 Å². The molecule has 0 saturated heterocycles. The van der Waals surface area contributed by atoms with Gasteiger partial charge in [0.25, 0.3) is 0 Å². The maximum atomic E-state index is 12.2. The number of hydrogen-bond acceptors (Lipinski definition) is 6. The third-order valence-electron chi connectivity index (χ3n) is 9.37. The molecule has 0 fully saturated rings. The highest BCUT2D eigenvalue weighted by Gasteiger charge is 2.22. The first kappa shape index (κ1) is 45.9. The van der Waals surface area contributed by atoms with Crippen LogP contribution in [-0.2, 0) is 19.1 Å². The fourth-order valence-electron chi connectivity index (χ4n) is 6.06. The summed E-state index contributed by atoms with van der Waals surface area (Å²) in [7, 11) is 0. The van der Waals surface area contributed by atoms with Crippen LogP contribution in [0.5, 0.6) is 0 Å². The van der Waals surface area contributed by atoms with E-state index >= 15 is 0 Å². The first-order valence-corrected chi connectivity index (χ1v) is 20.4. The largest absolute Gasteiger partial charge is 0.465 e. The molecule has 0 aliphatic carbocycles. The molecule has 280 valence electrons. The Morgan fingerprint density at radius 2 is 0.702 bits per heavy atom. The first-order chi connectivity index (χ1) is 22.7. The van der Waals surface area contributed by atoms with E-state index in [0.29, 0.717) is 12.8 Å². The Balaban J connectivity index is 3.61. The summed E-state index contributed by atoms with van der Waals surface area (Å²) < 4.78 is 11.0. The van der Waals surface area contributed by atoms with Crippen LogP contribution in [0.15, 0.2) is 0 Å². The third kappa shape index (κ3) is 34.5. The van der Waals surface area contributed by atoms with Gasteiger partial charge in [0.05, 0.1) is 25.4 Å². The van der Waals surface area contributed by atoms with Gasteiger partial charge in [-0.2, -0.15) is 0 Å². The summed E-state index contributed by atoms with van der Waals surface area (Å²) in [6.45, 7) is 8.91. The molecule has 0 aliphatic rings. The van der Waals surface area contributed by atoms with Crippen molar-refractivity contribution >= 4 is 11.9 Å². The number of unbranched alkanes of at least 4 members (excludes halogenated alkanes) is 20. The third-order valence-corrected chi connectivity index (χ3v) is 9.37. The number of aliphatic hydroxyl groups excluding tert-OH is 2. The van der Waals surface area contributed by atoms with Crippen LogP contribution in [0.4, 0.5) is 0 Å². The molecule has 0 radical (unpaired) electrons. The predicted molar refractivity (Wildman–Crippen MR) is 198 cm³/mol. The number of aliphatic hydroxyl groups is 2. The molecule has 0 aromatic rings. The van der Waals surface area contributed by atoms with E-state index in [9.17, 15) is 19.8 Å². The van der Waals surface area contributed by atoms with Gasteiger partial charge in [-0.05, 0) is 38.5 Å². The van der Waals surface area contributed by atoms with E-state index in [1.54, 1.807) is 0 Å². The zero-order valence-corrected chi connectivity index (χ0v) is 31.8. The maximum absolute atomic E-state index is 12.2. The van der Waals surface area contributed by atoms with Crippen molar-refractivity contribution in [2.24, 2.45) is 5.41 Å². The van der Waals surface area contributed by atoms with Crippen LogP contribution in [0.3, 0.4) is 0 Å². The summed E-state index contributed by atoms with van der Waals surface area (Å²) in [5.41, 5.74) is -0.398. The highest BCUT2D eigenvalue weighted by molar-refractivity contribution is 5.69. The molecule has 2 unspecified atom stereocenters. The molecule has 2 N–H and O–H groups in total. The Morgan fingerprint density at radius 1 is 0.447 bits per heavy atom. The van der Waals surface area contributed by atoms with Gasteiger partial charge in [0.2, 0.25) is 0 Å². The molecule has 6 nitrogen and oxygen atoms in total. The van der Waals surface area contributed by atoms with Crippen LogP contribution in [-0.4, -0.2) is 47.6 Å². The van der Waals surface area contributed by atoms with Crippen molar-refractivity contribution in [2.75, 3.05) is 13.2 Å². The van der Waals surface area contributed by atoms with Crippen molar-refractivity contribution < 1.29 is 29.3 Å². The highest BCUT2D eigenvalue weighted by Crippen LogP contribution is 2.19. The maximum Gasteiger partial charge on any atom is 0.305 e. The second-order valence-electron chi connectivity index (χ2n) is 15.2. The van der Waals surface area contributed by atoms with E-state index < -0.39 is 5.41 Å². The monoisotopic (exact) mass is 669 g/mol. The zero-order chi connectivity index (χ0) is 34.9. The van der Waals surface area contributed by atoms with Gasteiger partial charge in [-0.25, -0.2) is 0 Å². The summed E-state index contributed by atoms with van der Waals surface area (Å²) in [6, 6.07) is 0. The smallest absolute Gasteiger partial charge is 0.305 e. The molecule has 0 aromatic heterocycles. The molecule has 2 atom stereocenters. The number of ether oxygens (including phenoxy) is 2. The molecule has 47 heavy (non-hydrogen) atoms. The quantitative estimate of drug-likeness (QED) is 0.0510. The predicted octanol–water partition coefficient (Wildman–Crippen LogP) is 11.6. The van der Waals surface area contributed by atoms with Crippen LogP contribution in [0, 0.1) is 5.41 Å². The van der Waals surface area contributed by atoms with E-state index in [0.717, 1.165) is 116 Å². The van der Waals surface area contributed by atoms with Crippen LogP contribution in [0.25, 0.3) is 0 Å². The van der Waals surface area contributed by atoms with Gasteiger partial charge < -0.3 is 19.7 Å². The molecule has 6 heteroatoms. The molecule has 0 heterocycles. The minimum atomic E-state index is -0.398. The average Bonchev–Trinajstić information content (AvgIpc) is 3.05. The summed E-state index contributed by atoms with van der Waals surface area (Å²) in [6.07, 6.45) is 32.3. The van der Waals surface area contributed by atoms with E-state index in [4.69, 9.17) is 9.47 Å². The molecule has 0 spiro atoms. The molecule has 0 amide bonds. The Labute approximate surface area is 291 Å². The number of hydrogen-bond donors (Lipinski definition) is 2. The van der Waals surface area contributed by atoms with Crippen LogP contribution in [0.2, 0.25) is 0 Å². The lowest BCUT2D eigenvalue weighted by Crippen LogP contribution is -2.28. The summed E-state index contributed by atoms with van der Waals surface area (Å²) in [5, 5.41) is 20.3. The summed E-state index contributed by atoms with van der Waals surface area (Å²) in [4.78, 5) is 24.4. The van der Waals surface area contributed by atoms with Gasteiger partial charge in [-0.3, -0.25) is 9.59 Å². The van der Waals surface area contributed by atoms with E-state index in [-0.39, 0.29) is 37.4 Å². The second kappa shape index (κ2) is 33.4. The Hall–Kier alpha value is -1.14. The molecule has 0 aliphatic heterocycles. The van der Waals surface area contributed by atoms with Crippen LogP contribution < -0.4 is 0 Å². The lowest BCUT2D eigenvalue weighted by molar-refractivity contribution is -0.152.